The number of rotatable bonds is 3. The van der Waals surface area contributed by atoms with Gasteiger partial charge < -0.3 is 9.84 Å². The Balaban J connectivity index is 1.62. The maximum absolute atomic E-state index is 12.0. The van der Waals surface area contributed by atoms with E-state index in [2.05, 4.69) is 23.1 Å². The molecular formula is C21H29NO2. The quantitative estimate of drug-likeness (QED) is 0.925. The summed E-state index contributed by atoms with van der Waals surface area (Å²) in [6, 6.07) is 6.91. The van der Waals surface area contributed by atoms with Gasteiger partial charge in [0.25, 0.3) is 0 Å². The molecule has 0 radical (unpaired) electrons. The Morgan fingerprint density at radius 3 is 2.83 bits per heavy atom. The zero-order valence-corrected chi connectivity index (χ0v) is 14.8. The fourth-order valence-electron chi connectivity index (χ4n) is 6.06. The predicted octanol–water partition coefficient (Wildman–Crippen LogP) is 3.28. The van der Waals surface area contributed by atoms with Crippen molar-refractivity contribution >= 4 is 0 Å². The number of piperidine rings is 1. The van der Waals surface area contributed by atoms with E-state index in [9.17, 15) is 5.11 Å². The predicted molar refractivity (Wildman–Crippen MR) is 94.5 cm³/mol. The zero-order valence-electron chi connectivity index (χ0n) is 14.8. The Labute approximate surface area is 145 Å². The minimum Gasteiger partial charge on any atom is -0.497 e. The molecule has 0 spiro atoms. The topological polar surface area (TPSA) is 32.7 Å². The Hall–Kier alpha value is -1.06. The number of aliphatic hydroxyl groups is 1. The van der Waals surface area contributed by atoms with Crippen LogP contribution in [0.15, 0.2) is 18.2 Å². The van der Waals surface area contributed by atoms with E-state index in [1.165, 1.54) is 43.4 Å². The molecule has 0 amide bonds. The Bertz CT molecular complexity index is 655. The lowest BCUT2D eigenvalue weighted by atomic mass is 9.49. The molecular weight excluding hydrogens is 298 g/mol. The monoisotopic (exact) mass is 327 g/mol. The second-order valence-corrected chi connectivity index (χ2v) is 8.64. The summed E-state index contributed by atoms with van der Waals surface area (Å²) in [5.74, 6) is 1.83. The van der Waals surface area contributed by atoms with E-state index in [-0.39, 0.29) is 5.41 Å². The molecule has 2 bridgehead atoms. The largest absolute Gasteiger partial charge is 0.497 e. The molecule has 1 heterocycles. The minimum atomic E-state index is -0.544. The van der Waals surface area contributed by atoms with Crippen molar-refractivity contribution in [2.75, 3.05) is 20.2 Å². The molecule has 130 valence electrons. The van der Waals surface area contributed by atoms with E-state index in [1.54, 1.807) is 7.11 Å². The minimum absolute atomic E-state index is 0.0436. The van der Waals surface area contributed by atoms with Crippen molar-refractivity contribution in [3.05, 3.63) is 29.3 Å². The van der Waals surface area contributed by atoms with Crippen molar-refractivity contribution < 1.29 is 9.84 Å². The van der Waals surface area contributed by atoms with Gasteiger partial charge in [0.15, 0.2) is 0 Å². The summed E-state index contributed by atoms with van der Waals surface area (Å²) in [6.45, 7) is 2.36. The number of fused-ring (bicyclic) bond motifs is 1. The summed E-state index contributed by atoms with van der Waals surface area (Å²) in [5.41, 5.74) is 2.26. The number of ether oxygens (including phenoxy) is 1. The fourth-order valence-corrected chi connectivity index (χ4v) is 6.06. The van der Waals surface area contributed by atoms with E-state index >= 15 is 0 Å². The van der Waals surface area contributed by atoms with E-state index in [4.69, 9.17) is 4.74 Å². The van der Waals surface area contributed by atoms with Crippen LogP contribution < -0.4 is 4.74 Å². The normalized spacial score (nSPS) is 38.3. The van der Waals surface area contributed by atoms with E-state index in [1.807, 2.05) is 0 Å². The highest BCUT2D eigenvalue weighted by Gasteiger charge is 2.63. The molecule has 0 aromatic heterocycles. The molecule has 24 heavy (non-hydrogen) atoms. The first kappa shape index (κ1) is 15.2. The highest BCUT2D eigenvalue weighted by Crippen LogP contribution is 2.58. The van der Waals surface area contributed by atoms with Crippen LogP contribution in [0.25, 0.3) is 0 Å². The summed E-state index contributed by atoms with van der Waals surface area (Å²) in [4.78, 5) is 2.65. The molecule has 0 unspecified atom stereocenters. The van der Waals surface area contributed by atoms with Gasteiger partial charge in [-0.25, -0.2) is 0 Å². The van der Waals surface area contributed by atoms with Gasteiger partial charge in [0.2, 0.25) is 0 Å². The number of hydrogen-bond donors (Lipinski definition) is 1. The van der Waals surface area contributed by atoms with E-state index in [0.717, 1.165) is 43.9 Å². The number of hydrogen-bond acceptors (Lipinski definition) is 3. The maximum Gasteiger partial charge on any atom is 0.119 e. The molecule has 5 rings (SSSR count). The van der Waals surface area contributed by atoms with E-state index < -0.39 is 5.60 Å². The summed E-state index contributed by atoms with van der Waals surface area (Å²) in [6.07, 6.45) is 9.41. The lowest BCUT2D eigenvalue weighted by Gasteiger charge is -2.64. The first-order chi connectivity index (χ1) is 11.7. The van der Waals surface area contributed by atoms with Crippen molar-refractivity contribution in [3.63, 3.8) is 0 Å². The van der Waals surface area contributed by atoms with Gasteiger partial charge in [-0.15, -0.1) is 0 Å². The molecule has 1 N–H and O–H groups in total. The maximum atomic E-state index is 12.0. The van der Waals surface area contributed by atoms with Crippen LogP contribution in [0.1, 0.15) is 56.1 Å². The van der Waals surface area contributed by atoms with Gasteiger partial charge in [0, 0.05) is 18.0 Å². The lowest BCUT2D eigenvalue weighted by Crippen LogP contribution is -2.72. The average molecular weight is 327 g/mol. The summed E-state index contributed by atoms with van der Waals surface area (Å²) in [7, 11) is 1.75. The van der Waals surface area contributed by atoms with Crippen molar-refractivity contribution in [1.29, 1.82) is 0 Å². The smallest absolute Gasteiger partial charge is 0.119 e. The van der Waals surface area contributed by atoms with Gasteiger partial charge in [0.1, 0.15) is 5.75 Å². The lowest BCUT2D eigenvalue weighted by molar-refractivity contribution is -0.166. The number of benzene rings is 1. The Morgan fingerprint density at radius 1 is 1.21 bits per heavy atom. The van der Waals surface area contributed by atoms with Crippen molar-refractivity contribution in [2.24, 2.45) is 5.92 Å². The van der Waals surface area contributed by atoms with Gasteiger partial charge in [-0.1, -0.05) is 18.9 Å². The molecule has 3 nitrogen and oxygen atoms in total. The molecule has 2 saturated carbocycles. The second kappa shape index (κ2) is 5.22. The standard InChI is InChI=1S/C21H29NO2/c1-24-17-7-6-16-12-19-21(23)9-3-2-8-20(21,18(16)13-17)10-11-22(19)14-15-4-5-15/h6-7,13,15,19,23H,2-5,8-12,14H2,1H3/t19-,20+,21-/m1/s1. The molecule has 3 fully saturated rings. The molecule has 1 aliphatic heterocycles. The number of nitrogens with zero attached hydrogens (tertiary/aromatic N) is 1. The third-order valence-corrected chi connectivity index (χ3v) is 7.49. The van der Waals surface area contributed by atoms with Gasteiger partial charge in [-0.2, -0.15) is 0 Å². The van der Waals surface area contributed by atoms with Gasteiger partial charge in [0.05, 0.1) is 12.7 Å². The summed E-state index contributed by atoms with van der Waals surface area (Å²) < 4.78 is 5.52. The van der Waals surface area contributed by atoms with Crippen LogP contribution in [0.5, 0.6) is 5.75 Å². The average Bonchev–Trinajstić information content (AvgIpc) is 3.41. The molecule has 1 aromatic carbocycles. The summed E-state index contributed by atoms with van der Waals surface area (Å²) >= 11 is 0. The van der Waals surface area contributed by atoms with Crippen molar-refractivity contribution in [2.45, 2.75) is 68.4 Å². The van der Waals surface area contributed by atoms with Crippen LogP contribution >= 0.6 is 0 Å². The van der Waals surface area contributed by atoms with Crippen LogP contribution in [-0.4, -0.2) is 41.8 Å². The molecule has 3 atom stereocenters. The van der Waals surface area contributed by atoms with Gasteiger partial charge in [-0.3, -0.25) is 4.90 Å². The Kier molecular flexibility index (Phi) is 3.31. The van der Waals surface area contributed by atoms with Crippen LogP contribution in [0.4, 0.5) is 0 Å². The SMILES string of the molecule is COc1ccc2c(c1)[C@@]13CCCC[C@@]1(O)[C@@H](C2)N(CC1CC1)CC3. The number of methoxy groups -OCH3 is 1. The Morgan fingerprint density at radius 2 is 2.04 bits per heavy atom. The molecule has 4 aliphatic rings. The van der Waals surface area contributed by atoms with Gasteiger partial charge >= 0.3 is 0 Å². The zero-order chi connectivity index (χ0) is 16.4. The van der Waals surface area contributed by atoms with Gasteiger partial charge in [-0.05, 0) is 74.2 Å². The highest BCUT2D eigenvalue weighted by atomic mass is 16.5. The van der Waals surface area contributed by atoms with E-state index in [0.29, 0.717) is 6.04 Å². The highest BCUT2D eigenvalue weighted by molar-refractivity contribution is 5.48. The molecule has 1 aromatic rings. The molecule has 1 saturated heterocycles. The third-order valence-electron chi connectivity index (χ3n) is 7.49. The van der Waals surface area contributed by atoms with Crippen molar-refractivity contribution in [1.82, 2.24) is 4.90 Å². The van der Waals surface area contributed by atoms with Crippen molar-refractivity contribution in [3.8, 4) is 5.75 Å². The number of likely N-dealkylation sites (tertiary alicyclic amines) is 1. The first-order valence-electron chi connectivity index (χ1n) is 9.80. The fraction of sp³-hybridized carbons (Fsp3) is 0.714. The third kappa shape index (κ3) is 1.97. The van der Waals surface area contributed by atoms with Crippen LogP contribution in [0, 0.1) is 5.92 Å². The van der Waals surface area contributed by atoms with Crippen LogP contribution in [0.3, 0.4) is 0 Å². The molecule has 3 heteroatoms. The molecule has 3 aliphatic carbocycles. The van der Waals surface area contributed by atoms with Crippen LogP contribution in [-0.2, 0) is 11.8 Å². The first-order valence-corrected chi connectivity index (χ1v) is 9.80. The summed E-state index contributed by atoms with van der Waals surface area (Å²) in [5, 5.41) is 12.0. The van der Waals surface area contributed by atoms with Crippen LogP contribution in [0.2, 0.25) is 0 Å². The second-order valence-electron chi connectivity index (χ2n) is 8.64.